The predicted molar refractivity (Wildman–Crippen MR) is 107 cm³/mol. The molecule has 0 fully saturated rings. The van der Waals surface area contributed by atoms with Gasteiger partial charge in [-0.05, 0) is 31.7 Å². The van der Waals surface area contributed by atoms with Crippen LogP contribution in [0.4, 0.5) is 9.59 Å². The van der Waals surface area contributed by atoms with E-state index >= 15 is 0 Å². The molecule has 9 heteroatoms. The Morgan fingerprint density at radius 1 is 1.14 bits per heavy atom. The summed E-state index contributed by atoms with van der Waals surface area (Å²) in [6.07, 6.45) is 0.0827. The molecule has 1 aromatic rings. The first-order valence-corrected chi connectivity index (χ1v) is 10.1. The molecule has 0 aliphatic carbocycles. The SMILES string of the molecule is COC(=O)OC1=C(C)NC(C)=C(OC(=O)OCCSC)C1c1ccccc1C#N. The summed E-state index contributed by atoms with van der Waals surface area (Å²) in [7, 11) is 1.19. The summed E-state index contributed by atoms with van der Waals surface area (Å²) in [5.41, 5.74) is 1.91. The minimum Gasteiger partial charge on any atom is -0.437 e. The van der Waals surface area contributed by atoms with Crippen molar-refractivity contribution in [2.75, 3.05) is 25.7 Å². The van der Waals surface area contributed by atoms with Crippen LogP contribution in [0.3, 0.4) is 0 Å². The molecule has 1 aromatic carbocycles. The standard InChI is InChI=1S/C20H22N2O6S/c1-12-17(27-19(23)25-3)16(15-8-6-5-7-14(15)11-21)18(13(2)22-12)28-20(24)26-9-10-29-4/h5-8,16,22H,9-10H2,1-4H3. The quantitative estimate of drug-likeness (QED) is 0.541. The Labute approximate surface area is 173 Å². The first kappa shape index (κ1) is 22.2. The van der Waals surface area contributed by atoms with E-state index < -0.39 is 18.2 Å². The van der Waals surface area contributed by atoms with Crippen molar-refractivity contribution >= 4 is 24.1 Å². The highest BCUT2D eigenvalue weighted by Crippen LogP contribution is 2.40. The monoisotopic (exact) mass is 418 g/mol. The summed E-state index contributed by atoms with van der Waals surface area (Å²) < 4.78 is 20.5. The number of nitrogens with zero attached hydrogens (tertiary/aromatic N) is 1. The summed E-state index contributed by atoms with van der Waals surface area (Å²) in [5, 5.41) is 12.6. The topological polar surface area (TPSA) is 107 Å². The molecular weight excluding hydrogens is 396 g/mol. The van der Waals surface area contributed by atoms with Crippen molar-refractivity contribution in [3.8, 4) is 6.07 Å². The molecule has 0 radical (unpaired) electrons. The van der Waals surface area contributed by atoms with Crippen LogP contribution in [-0.2, 0) is 18.9 Å². The molecule has 1 heterocycles. The Balaban J connectivity index is 2.48. The Bertz CT molecular complexity index is 887. The molecule has 0 saturated carbocycles. The number of ether oxygens (including phenoxy) is 4. The van der Waals surface area contributed by atoms with Crippen molar-refractivity contribution in [2.45, 2.75) is 19.8 Å². The third kappa shape index (κ3) is 5.45. The van der Waals surface area contributed by atoms with Crippen molar-refractivity contribution in [1.82, 2.24) is 5.32 Å². The summed E-state index contributed by atoms with van der Waals surface area (Å²) in [4.78, 5) is 24.0. The second kappa shape index (κ2) is 10.4. The third-order valence-electron chi connectivity index (χ3n) is 4.09. The van der Waals surface area contributed by atoms with Gasteiger partial charge in [0.1, 0.15) is 24.0 Å². The number of carbonyl (C=O) groups excluding carboxylic acids is 2. The van der Waals surface area contributed by atoms with Crippen LogP contribution < -0.4 is 5.32 Å². The van der Waals surface area contributed by atoms with E-state index in [1.165, 1.54) is 18.9 Å². The van der Waals surface area contributed by atoms with Crippen molar-refractivity contribution in [1.29, 1.82) is 5.26 Å². The van der Waals surface area contributed by atoms with Gasteiger partial charge in [-0.1, -0.05) is 18.2 Å². The largest absolute Gasteiger partial charge is 0.513 e. The summed E-state index contributed by atoms with van der Waals surface area (Å²) in [6, 6.07) is 8.91. The average molecular weight is 418 g/mol. The van der Waals surface area contributed by atoms with E-state index in [0.29, 0.717) is 28.3 Å². The van der Waals surface area contributed by atoms with E-state index in [1.807, 2.05) is 6.26 Å². The van der Waals surface area contributed by atoms with Crippen LogP contribution in [0.1, 0.15) is 30.9 Å². The van der Waals surface area contributed by atoms with Gasteiger partial charge in [0.2, 0.25) is 0 Å². The van der Waals surface area contributed by atoms with Gasteiger partial charge >= 0.3 is 12.3 Å². The van der Waals surface area contributed by atoms with Gasteiger partial charge in [0.25, 0.3) is 0 Å². The minimum atomic E-state index is -0.929. The number of nitrogens with one attached hydrogen (secondary N) is 1. The van der Waals surface area contributed by atoms with E-state index in [2.05, 4.69) is 16.1 Å². The van der Waals surface area contributed by atoms with Crippen LogP contribution in [-0.4, -0.2) is 38.0 Å². The molecule has 1 atom stereocenters. The zero-order chi connectivity index (χ0) is 21.4. The molecule has 0 spiro atoms. The molecule has 0 aromatic heterocycles. The molecule has 0 amide bonds. The van der Waals surface area contributed by atoms with Crippen LogP contribution in [0.2, 0.25) is 0 Å². The lowest BCUT2D eigenvalue weighted by atomic mass is 9.88. The predicted octanol–water partition coefficient (Wildman–Crippen LogP) is 4.01. The molecule has 154 valence electrons. The van der Waals surface area contributed by atoms with Crippen molar-refractivity contribution < 1.29 is 28.5 Å². The number of nitriles is 1. The smallest absolute Gasteiger partial charge is 0.437 e. The van der Waals surface area contributed by atoms with E-state index in [4.69, 9.17) is 14.2 Å². The minimum absolute atomic E-state index is 0.164. The molecule has 0 bridgehead atoms. The van der Waals surface area contributed by atoms with Crippen molar-refractivity contribution in [2.24, 2.45) is 0 Å². The zero-order valence-electron chi connectivity index (χ0n) is 16.6. The lowest BCUT2D eigenvalue weighted by Crippen LogP contribution is -2.29. The first-order valence-electron chi connectivity index (χ1n) is 8.69. The summed E-state index contributed by atoms with van der Waals surface area (Å²) in [5.74, 6) is 0.143. The molecule has 1 aliphatic rings. The Morgan fingerprint density at radius 2 is 1.76 bits per heavy atom. The number of carbonyl (C=O) groups is 2. The maximum absolute atomic E-state index is 12.2. The van der Waals surface area contributed by atoms with Gasteiger partial charge in [-0.3, -0.25) is 0 Å². The maximum Gasteiger partial charge on any atom is 0.513 e. The van der Waals surface area contributed by atoms with Crippen molar-refractivity contribution in [3.63, 3.8) is 0 Å². The fourth-order valence-corrected chi connectivity index (χ4v) is 3.07. The second-order valence-electron chi connectivity index (χ2n) is 5.99. The van der Waals surface area contributed by atoms with E-state index in [1.54, 1.807) is 38.1 Å². The highest BCUT2D eigenvalue weighted by Gasteiger charge is 2.36. The lowest BCUT2D eigenvalue weighted by molar-refractivity contribution is 0.0702. The third-order valence-corrected chi connectivity index (χ3v) is 4.67. The van der Waals surface area contributed by atoms with E-state index in [0.717, 1.165) is 0 Å². The van der Waals surface area contributed by atoms with Crippen LogP contribution >= 0.6 is 11.8 Å². The summed E-state index contributed by atoms with van der Waals surface area (Å²) >= 11 is 1.53. The van der Waals surface area contributed by atoms with E-state index in [9.17, 15) is 14.9 Å². The van der Waals surface area contributed by atoms with Gasteiger partial charge in [-0.25, -0.2) is 9.59 Å². The Hall–Kier alpha value is -3.12. The van der Waals surface area contributed by atoms with Crippen molar-refractivity contribution in [3.05, 3.63) is 58.3 Å². The molecule has 29 heavy (non-hydrogen) atoms. The Morgan fingerprint density at radius 3 is 2.34 bits per heavy atom. The normalized spacial score (nSPS) is 15.9. The van der Waals surface area contributed by atoms with Gasteiger partial charge in [-0.2, -0.15) is 17.0 Å². The molecule has 1 unspecified atom stereocenters. The first-order chi connectivity index (χ1) is 13.9. The van der Waals surface area contributed by atoms with Crippen LogP contribution in [0, 0.1) is 11.3 Å². The van der Waals surface area contributed by atoms with Gasteiger partial charge in [0.05, 0.1) is 30.1 Å². The fraction of sp³-hybridized carbons (Fsp3) is 0.350. The molecule has 8 nitrogen and oxygen atoms in total. The highest BCUT2D eigenvalue weighted by molar-refractivity contribution is 7.98. The second-order valence-corrected chi connectivity index (χ2v) is 6.97. The number of thioether (sulfide) groups is 1. The van der Waals surface area contributed by atoms with Gasteiger partial charge < -0.3 is 24.3 Å². The number of benzene rings is 1. The van der Waals surface area contributed by atoms with Gasteiger partial charge in [-0.15, -0.1) is 0 Å². The number of dihydropyridines is 1. The number of methoxy groups -OCH3 is 1. The molecule has 1 aliphatic heterocycles. The van der Waals surface area contributed by atoms with E-state index in [-0.39, 0.29) is 18.1 Å². The maximum atomic E-state index is 12.2. The van der Waals surface area contributed by atoms with Crippen LogP contribution in [0.25, 0.3) is 0 Å². The highest BCUT2D eigenvalue weighted by atomic mass is 32.2. The zero-order valence-corrected chi connectivity index (χ0v) is 17.4. The number of hydrogen-bond acceptors (Lipinski definition) is 9. The fourth-order valence-electron chi connectivity index (χ4n) is 2.82. The number of rotatable bonds is 6. The molecular formula is C20H22N2O6S. The molecule has 0 saturated heterocycles. The average Bonchev–Trinajstić information content (AvgIpc) is 2.71. The molecule has 2 rings (SSSR count). The number of allylic oxidation sites excluding steroid dienone is 2. The van der Waals surface area contributed by atoms with Crippen LogP contribution in [0.15, 0.2) is 47.2 Å². The van der Waals surface area contributed by atoms with Gasteiger partial charge in [0.15, 0.2) is 0 Å². The van der Waals surface area contributed by atoms with Gasteiger partial charge in [0, 0.05) is 5.75 Å². The molecule has 1 N–H and O–H groups in total. The number of hydrogen-bond donors (Lipinski definition) is 1. The summed E-state index contributed by atoms with van der Waals surface area (Å²) in [6.45, 7) is 3.61. The Kier molecular flexibility index (Phi) is 7.98. The van der Waals surface area contributed by atoms with Crippen LogP contribution in [0.5, 0.6) is 0 Å². The lowest BCUT2D eigenvalue weighted by Gasteiger charge is -2.30.